The Morgan fingerprint density at radius 2 is 1.76 bits per heavy atom. The van der Waals surface area contributed by atoms with Crippen LogP contribution in [-0.2, 0) is 16.0 Å². The van der Waals surface area contributed by atoms with Crippen LogP contribution in [0.1, 0.15) is 69.5 Å². The molecule has 0 radical (unpaired) electrons. The Bertz CT molecular complexity index is 862. The van der Waals surface area contributed by atoms with E-state index in [1.165, 1.54) is 12.8 Å². The summed E-state index contributed by atoms with van der Waals surface area (Å²) in [5, 5.41) is 6.12. The number of carbonyl (C=O) groups excluding carboxylic acids is 2. The summed E-state index contributed by atoms with van der Waals surface area (Å²) >= 11 is 0. The minimum Gasteiger partial charge on any atom is -0.493 e. The molecule has 0 aliphatic heterocycles. The van der Waals surface area contributed by atoms with Crippen LogP contribution in [0.2, 0.25) is 0 Å². The SMILES string of the molecule is CCCC(C)COc1ccc(C(CNC(=O)CCC2CC2)NC(=O)Cc2ccccc2)cc1. The van der Waals surface area contributed by atoms with E-state index in [9.17, 15) is 9.59 Å². The van der Waals surface area contributed by atoms with E-state index in [2.05, 4.69) is 24.5 Å². The average Bonchev–Trinajstić information content (AvgIpc) is 3.65. The first kappa shape index (κ1) is 24.8. The van der Waals surface area contributed by atoms with E-state index >= 15 is 0 Å². The lowest BCUT2D eigenvalue weighted by Gasteiger charge is -2.21. The van der Waals surface area contributed by atoms with Crippen LogP contribution in [0.15, 0.2) is 54.6 Å². The second-order valence-corrected chi connectivity index (χ2v) is 9.34. The molecular weight excluding hydrogens is 412 g/mol. The minimum atomic E-state index is -0.292. The highest BCUT2D eigenvalue weighted by Gasteiger charge is 2.22. The van der Waals surface area contributed by atoms with Crippen LogP contribution in [0.25, 0.3) is 0 Å². The quantitative estimate of drug-likeness (QED) is 0.415. The Balaban J connectivity index is 1.59. The van der Waals surface area contributed by atoms with Crippen molar-refractivity contribution >= 4 is 11.8 Å². The van der Waals surface area contributed by atoms with Crippen molar-refractivity contribution in [2.24, 2.45) is 11.8 Å². The number of hydrogen-bond acceptors (Lipinski definition) is 3. The first-order valence-electron chi connectivity index (χ1n) is 12.4. The number of ether oxygens (including phenoxy) is 1. The van der Waals surface area contributed by atoms with Crippen molar-refractivity contribution in [3.63, 3.8) is 0 Å². The third-order valence-electron chi connectivity index (χ3n) is 6.12. The molecule has 1 fully saturated rings. The highest BCUT2D eigenvalue weighted by atomic mass is 16.5. The van der Waals surface area contributed by atoms with E-state index in [1.54, 1.807) is 0 Å². The average molecular weight is 451 g/mol. The van der Waals surface area contributed by atoms with Crippen LogP contribution in [0.3, 0.4) is 0 Å². The molecule has 178 valence electrons. The largest absolute Gasteiger partial charge is 0.493 e. The lowest BCUT2D eigenvalue weighted by Crippen LogP contribution is -2.38. The van der Waals surface area contributed by atoms with Gasteiger partial charge in [-0.05, 0) is 47.9 Å². The maximum atomic E-state index is 12.7. The fourth-order valence-electron chi connectivity index (χ4n) is 3.94. The molecule has 1 aliphatic rings. The van der Waals surface area contributed by atoms with Crippen LogP contribution in [0, 0.1) is 11.8 Å². The molecule has 0 heterocycles. The fraction of sp³-hybridized carbons (Fsp3) is 0.500. The number of carbonyl (C=O) groups is 2. The summed E-state index contributed by atoms with van der Waals surface area (Å²) < 4.78 is 5.92. The zero-order valence-electron chi connectivity index (χ0n) is 20.0. The van der Waals surface area contributed by atoms with E-state index in [-0.39, 0.29) is 17.9 Å². The summed E-state index contributed by atoms with van der Waals surface area (Å²) in [5.41, 5.74) is 1.92. The van der Waals surface area contributed by atoms with E-state index < -0.39 is 0 Å². The van der Waals surface area contributed by atoms with Crippen LogP contribution >= 0.6 is 0 Å². The highest BCUT2D eigenvalue weighted by Crippen LogP contribution is 2.33. The van der Waals surface area contributed by atoms with Gasteiger partial charge in [0.15, 0.2) is 0 Å². The Hall–Kier alpha value is -2.82. The fourth-order valence-corrected chi connectivity index (χ4v) is 3.94. The number of nitrogens with one attached hydrogen (secondary N) is 2. The van der Waals surface area contributed by atoms with Crippen molar-refractivity contribution in [1.29, 1.82) is 0 Å². The molecule has 2 atom stereocenters. The van der Waals surface area contributed by atoms with Gasteiger partial charge in [0.05, 0.1) is 19.1 Å². The maximum absolute atomic E-state index is 12.7. The number of amides is 2. The van der Waals surface area contributed by atoms with Crippen LogP contribution in [0.5, 0.6) is 5.75 Å². The Labute approximate surface area is 198 Å². The first-order valence-corrected chi connectivity index (χ1v) is 12.4. The summed E-state index contributed by atoms with van der Waals surface area (Å²) in [6.07, 6.45) is 6.61. The van der Waals surface area contributed by atoms with E-state index in [4.69, 9.17) is 4.74 Å². The molecule has 0 aromatic heterocycles. The summed E-state index contributed by atoms with van der Waals surface area (Å²) in [5.74, 6) is 2.06. The number of hydrogen-bond donors (Lipinski definition) is 2. The number of benzene rings is 2. The molecule has 1 saturated carbocycles. The van der Waals surface area contributed by atoms with Crippen molar-refractivity contribution < 1.29 is 14.3 Å². The summed E-state index contributed by atoms with van der Waals surface area (Å²) in [6, 6.07) is 17.2. The van der Waals surface area contributed by atoms with Gasteiger partial charge in [0.2, 0.25) is 11.8 Å². The van der Waals surface area contributed by atoms with Gasteiger partial charge < -0.3 is 15.4 Å². The van der Waals surface area contributed by atoms with Crippen molar-refractivity contribution in [3.05, 3.63) is 65.7 Å². The third-order valence-corrected chi connectivity index (χ3v) is 6.12. The summed E-state index contributed by atoms with van der Waals surface area (Å²) in [7, 11) is 0. The smallest absolute Gasteiger partial charge is 0.224 e. The molecule has 1 aliphatic carbocycles. The molecule has 33 heavy (non-hydrogen) atoms. The molecular formula is C28H38N2O3. The lowest BCUT2D eigenvalue weighted by molar-refractivity contribution is -0.123. The molecule has 2 amide bonds. The molecule has 2 unspecified atom stereocenters. The van der Waals surface area contributed by atoms with Crippen molar-refractivity contribution in [2.45, 2.75) is 64.8 Å². The molecule has 2 aromatic carbocycles. The van der Waals surface area contributed by atoms with Gasteiger partial charge in [-0.3, -0.25) is 9.59 Å². The highest BCUT2D eigenvalue weighted by molar-refractivity contribution is 5.79. The second kappa shape index (κ2) is 13.0. The van der Waals surface area contributed by atoms with Crippen molar-refractivity contribution in [3.8, 4) is 5.75 Å². The first-order chi connectivity index (χ1) is 16.0. The van der Waals surface area contributed by atoms with Gasteiger partial charge in [-0.1, -0.05) is 75.6 Å². The normalized spacial score (nSPS) is 14.8. The van der Waals surface area contributed by atoms with E-state index in [0.29, 0.717) is 31.9 Å². The van der Waals surface area contributed by atoms with Crippen molar-refractivity contribution in [2.75, 3.05) is 13.2 Å². The minimum absolute atomic E-state index is 0.0501. The van der Waals surface area contributed by atoms with E-state index in [0.717, 1.165) is 42.1 Å². The van der Waals surface area contributed by atoms with Crippen LogP contribution < -0.4 is 15.4 Å². The predicted molar refractivity (Wildman–Crippen MR) is 132 cm³/mol. The standard InChI is InChI=1S/C28H38N2O3/c1-3-7-21(2)20-33-25-15-13-24(14-16-25)26(19-29-27(31)17-12-22-10-11-22)30-28(32)18-23-8-5-4-6-9-23/h4-6,8-9,13-16,21-22,26H,3,7,10-12,17-20H2,1-2H3,(H,29,31)(H,30,32). The molecule has 0 saturated heterocycles. The lowest BCUT2D eigenvalue weighted by atomic mass is 10.0. The van der Waals surface area contributed by atoms with Crippen LogP contribution in [0.4, 0.5) is 0 Å². The Kier molecular flexibility index (Phi) is 9.79. The molecule has 2 aromatic rings. The summed E-state index contributed by atoms with van der Waals surface area (Å²) in [6.45, 7) is 5.45. The zero-order valence-corrected chi connectivity index (χ0v) is 20.0. The van der Waals surface area contributed by atoms with Gasteiger partial charge in [-0.15, -0.1) is 0 Å². The van der Waals surface area contributed by atoms with Gasteiger partial charge in [0.25, 0.3) is 0 Å². The Morgan fingerprint density at radius 1 is 1.03 bits per heavy atom. The number of rotatable bonds is 14. The Morgan fingerprint density at radius 3 is 2.42 bits per heavy atom. The molecule has 0 spiro atoms. The van der Waals surface area contributed by atoms with Crippen LogP contribution in [-0.4, -0.2) is 25.0 Å². The molecule has 5 nitrogen and oxygen atoms in total. The van der Waals surface area contributed by atoms with Crippen molar-refractivity contribution in [1.82, 2.24) is 10.6 Å². The third kappa shape index (κ3) is 9.29. The van der Waals surface area contributed by atoms with Gasteiger partial charge in [-0.25, -0.2) is 0 Å². The van der Waals surface area contributed by atoms with Gasteiger partial charge in [0.1, 0.15) is 5.75 Å². The van der Waals surface area contributed by atoms with Gasteiger partial charge >= 0.3 is 0 Å². The molecule has 2 N–H and O–H groups in total. The van der Waals surface area contributed by atoms with E-state index in [1.807, 2.05) is 54.6 Å². The molecule has 5 heteroatoms. The summed E-state index contributed by atoms with van der Waals surface area (Å²) in [4.78, 5) is 25.0. The monoisotopic (exact) mass is 450 g/mol. The van der Waals surface area contributed by atoms with Gasteiger partial charge in [-0.2, -0.15) is 0 Å². The second-order valence-electron chi connectivity index (χ2n) is 9.34. The maximum Gasteiger partial charge on any atom is 0.224 e. The zero-order chi connectivity index (χ0) is 23.5. The van der Waals surface area contributed by atoms with Gasteiger partial charge in [0, 0.05) is 13.0 Å². The predicted octanol–water partition coefficient (Wildman–Crippen LogP) is 5.21. The molecule has 3 rings (SSSR count). The topological polar surface area (TPSA) is 67.4 Å². The molecule has 0 bridgehead atoms.